The van der Waals surface area contributed by atoms with Crippen LogP contribution in [0.5, 0.6) is 5.75 Å². The fourth-order valence-corrected chi connectivity index (χ4v) is 3.28. The van der Waals surface area contributed by atoms with Crippen LogP contribution in [0.4, 0.5) is 0 Å². The molecule has 0 heterocycles. The Bertz CT molecular complexity index is 711. The Hall–Kier alpha value is -1.61. The Kier molecular flexibility index (Phi) is 11.0. The molecule has 142 valence electrons. The van der Waals surface area contributed by atoms with Gasteiger partial charge in [-0.05, 0) is 25.1 Å². The van der Waals surface area contributed by atoms with E-state index in [1.54, 1.807) is 7.11 Å². The Morgan fingerprint density at radius 3 is 2.46 bits per heavy atom. The topological polar surface area (TPSA) is 62.7 Å². The van der Waals surface area contributed by atoms with Crippen LogP contribution in [0.2, 0.25) is 0 Å². The Balaban J connectivity index is 0.00000338. The molecule has 5 nitrogen and oxygen atoms in total. The number of nitrogens with zero attached hydrogens (tertiary/aromatic N) is 1. The van der Waals surface area contributed by atoms with Gasteiger partial charge in [-0.15, -0.1) is 24.0 Å². The van der Waals surface area contributed by atoms with Crippen LogP contribution in [0.3, 0.4) is 0 Å². The monoisotopic (exact) mass is 487 g/mol. The molecule has 0 amide bonds. The van der Waals surface area contributed by atoms with Gasteiger partial charge in [-0.1, -0.05) is 36.4 Å². The van der Waals surface area contributed by atoms with Crippen molar-refractivity contribution in [1.82, 2.24) is 10.6 Å². The number of guanidine groups is 1. The van der Waals surface area contributed by atoms with Crippen LogP contribution in [-0.2, 0) is 17.3 Å². The van der Waals surface area contributed by atoms with Crippen molar-refractivity contribution >= 4 is 40.7 Å². The molecular formula is C19H26IN3O2S. The summed E-state index contributed by atoms with van der Waals surface area (Å²) in [7, 11) is 0.644. The number of para-hydroxylation sites is 1. The van der Waals surface area contributed by atoms with Gasteiger partial charge in [-0.3, -0.25) is 4.21 Å². The maximum atomic E-state index is 12.2. The summed E-state index contributed by atoms with van der Waals surface area (Å²) in [6.45, 7) is 3.88. The number of aliphatic imine (C=N–C) groups is 1. The molecule has 2 aromatic rings. The van der Waals surface area contributed by atoms with Gasteiger partial charge in [-0.2, -0.15) is 0 Å². The molecule has 0 bridgehead atoms. The Labute approximate surface area is 175 Å². The highest BCUT2D eigenvalue weighted by Crippen LogP contribution is 2.17. The molecular weight excluding hydrogens is 461 g/mol. The lowest BCUT2D eigenvalue weighted by Crippen LogP contribution is -2.39. The summed E-state index contributed by atoms with van der Waals surface area (Å²) < 4.78 is 17.6. The molecule has 0 aliphatic rings. The smallest absolute Gasteiger partial charge is 0.191 e. The van der Waals surface area contributed by atoms with Crippen LogP contribution in [-0.4, -0.2) is 36.1 Å². The van der Waals surface area contributed by atoms with E-state index in [1.165, 1.54) is 0 Å². The molecule has 0 radical (unpaired) electrons. The van der Waals surface area contributed by atoms with Crippen LogP contribution in [0, 0.1) is 0 Å². The summed E-state index contributed by atoms with van der Waals surface area (Å²) in [6, 6.07) is 17.3. The molecule has 2 rings (SSSR count). The van der Waals surface area contributed by atoms with Gasteiger partial charge in [0.25, 0.3) is 0 Å². The molecule has 0 fully saturated rings. The van der Waals surface area contributed by atoms with E-state index in [0.717, 1.165) is 22.8 Å². The van der Waals surface area contributed by atoms with Gasteiger partial charge in [0.05, 0.1) is 24.5 Å². The van der Waals surface area contributed by atoms with E-state index in [2.05, 4.69) is 15.6 Å². The maximum Gasteiger partial charge on any atom is 0.191 e. The van der Waals surface area contributed by atoms with Crippen molar-refractivity contribution in [1.29, 1.82) is 0 Å². The number of methoxy groups -OCH3 is 1. The number of rotatable bonds is 8. The number of hydrogen-bond acceptors (Lipinski definition) is 3. The lowest BCUT2D eigenvalue weighted by atomic mass is 10.2. The number of hydrogen-bond donors (Lipinski definition) is 2. The Morgan fingerprint density at radius 2 is 1.77 bits per heavy atom. The van der Waals surface area contributed by atoms with E-state index in [0.29, 0.717) is 24.8 Å². The highest BCUT2D eigenvalue weighted by Gasteiger charge is 2.05. The van der Waals surface area contributed by atoms with E-state index >= 15 is 0 Å². The first-order valence-corrected chi connectivity index (χ1v) is 9.64. The quantitative estimate of drug-likeness (QED) is 0.341. The number of benzene rings is 2. The molecule has 1 unspecified atom stereocenters. The van der Waals surface area contributed by atoms with Gasteiger partial charge in [0, 0.05) is 29.3 Å². The van der Waals surface area contributed by atoms with Crippen molar-refractivity contribution in [3.05, 3.63) is 60.2 Å². The second-order valence-corrected chi connectivity index (χ2v) is 6.87. The number of halogens is 1. The van der Waals surface area contributed by atoms with Gasteiger partial charge in [0.1, 0.15) is 5.75 Å². The van der Waals surface area contributed by atoms with E-state index in [1.807, 2.05) is 61.5 Å². The Morgan fingerprint density at radius 1 is 1.08 bits per heavy atom. The van der Waals surface area contributed by atoms with Crippen LogP contribution in [0.25, 0.3) is 0 Å². The van der Waals surface area contributed by atoms with Crippen LogP contribution >= 0.6 is 24.0 Å². The van der Waals surface area contributed by atoms with Crippen molar-refractivity contribution in [3.63, 3.8) is 0 Å². The molecule has 0 aliphatic heterocycles. The molecule has 0 aromatic heterocycles. The van der Waals surface area contributed by atoms with Crippen LogP contribution in [0.15, 0.2) is 64.5 Å². The van der Waals surface area contributed by atoms with E-state index in [9.17, 15) is 4.21 Å². The summed E-state index contributed by atoms with van der Waals surface area (Å²) in [5.74, 6) is 2.06. The predicted octanol–water partition coefficient (Wildman–Crippen LogP) is 3.18. The zero-order chi connectivity index (χ0) is 17.9. The standard InChI is InChI=1S/C19H25N3O2S.HI/c1-3-20-19(22-15-16-9-7-8-12-18(16)24-2)21-13-14-25(23)17-10-5-4-6-11-17;/h4-12H,3,13-15H2,1-2H3,(H2,20,21,22);1H. The molecule has 1 atom stereocenters. The van der Waals surface area contributed by atoms with E-state index in [4.69, 9.17) is 4.74 Å². The third-order valence-corrected chi connectivity index (χ3v) is 4.90. The van der Waals surface area contributed by atoms with Gasteiger partial charge in [0.15, 0.2) is 5.96 Å². The predicted molar refractivity (Wildman–Crippen MR) is 119 cm³/mol. The largest absolute Gasteiger partial charge is 0.496 e. The fraction of sp³-hybridized carbons (Fsp3) is 0.316. The lowest BCUT2D eigenvalue weighted by molar-refractivity contribution is 0.410. The normalized spacial score (nSPS) is 12.0. The van der Waals surface area contributed by atoms with Crippen LogP contribution in [0.1, 0.15) is 12.5 Å². The van der Waals surface area contributed by atoms with Gasteiger partial charge in [0.2, 0.25) is 0 Å². The van der Waals surface area contributed by atoms with Gasteiger partial charge >= 0.3 is 0 Å². The minimum Gasteiger partial charge on any atom is -0.496 e. The maximum absolute atomic E-state index is 12.2. The second kappa shape index (κ2) is 12.7. The van der Waals surface area contributed by atoms with Crippen molar-refractivity contribution in [2.24, 2.45) is 4.99 Å². The average Bonchev–Trinajstić information content (AvgIpc) is 2.66. The highest BCUT2D eigenvalue weighted by atomic mass is 127. The zero-order valence-electron chi connectivity index (χ0n) is 15.1. The van der Waals surface area contributed by atoms with Crippen molar-refractivity contribution in [2.45, 2.75) is 18.4 Å². The van der Waals surface area contributed by atoms with Gasteiger partial charge < -0.3 is 15.4 Å². The summed E-state index contributed by atoms with van der Waals surface area (Å²) in [5, 5.41) is 6.44. The molecule has 0 saturated carbocycles. The fourth-order valence-electron chi connectivity index (χ4n) is 2.29. The van der Waals surface area contributed by atoms with Crippen molar-refractivity contribution in [3.8, 4) is 5.75 Å². The third-order valence-electron chi connectivity index (χ3n) is 3.53. The summed E-state index contributed by atoms with van der Waals surface area (Å²) in [6.07, 6.45) is 0. The van der Waals surface area contributed by atoms with Crippen molar-refractivity contribution < 1.29 is 8.95 Å². The summed E-state index contributed by atoms with van der Waals surface area (Å²) in [5.41, 5.74) is 1.02. The first-order valence-electron chi connectivity index (χ1n) is 8.32. The molecule has 2 aromatic carbocycles. The summed E-state index contributed by atoms with van der Waals surface area (Å²) >= 11 is 0. The van der Waals surface area contributed by atoms with Crippen LogP contribution < -0.4 is 15.4 Å². The molecule has 0 saturated heterocycles. The molecule has 2 N–H and O–H groups in total. The zero-order valence-corrected chi connectivity index (χ0v) is 18.3. The average molecular weight is 487 g/mol. The lowest BCUT2D eigenvalue weighted by Gasteiger charge is -2.12. The first-order chi connectivity index (χ1) is 12.2. The van der Waals surface area contributed by atoms with Gasteiger partial charge in [-0.25, -0.2) is 4.99 Å². The number of ether oxygens (including phenoxy) is 1. The SMILES string of the molecule is CCNC(=NCc1ccccc1OC)NCCS(=O)c1ccccc1.I. The van der Waals surface area contributed by atoms with E-state index in [-0.39, 0.29) is 24.0 Å². The molecule has 0 aliphatic carbocycles. The highest BCUT2D eigenvalue weighted by molar-refractivity contribution is 14.0. The minimum atomic E-state index is -1.01. The third kappa shape index (κ3) is 7.33. The molecule has 0 spiro atoms. The summed E-state index contributed by atoms with van der Waals surface area (Å²) in [4.78, 5) is 5.42. The van der Waals surface area contributed by atoms with Crippen molar-refractivity contribution in [2.75, 3.05) is 26.0 Å². The number of nitrogens with one attached hydrogen (secondary N) is 2. The van der Waals surface area contributed by atoms with E-state index < -0.39 is 10.8 Å². The molecule has 7 heteroatoms. The second-order valence-electron chi connectivity index (χ2n) is 5.30. The first kappa shape index (κ1) is 22.4. The molecule has 26 heavy (non-hydrogen) atoms. The minimum absolute atomic E-state index is 0.